The van der Waals surface area contributed by atoms with Crippen molar-refractivity contribution in [3.05, 3.63) is 28.3 Å². The Morgan fingerprint density at radius 2 is 2.05 bits per heavy atom. The minimum atomic E-state index is -1.22. The van der Waals surface area contributed by atoms with Gasteiger partial charge in [-0.2, -0.15) is 0 Å². The van der Waals surface area contributed by atoms with Gasteiger partial charge in [-0.1, -0.05) is 0 Å². The molecule has 0 saturated carbocycles. The number of carboxylic acid groups (broad SMARTS) is 1. The Balaban J connectivity index is 2.89. The van der Waals surface area contributed by atoms with E-state index in [9.17, 15) is 19.7 Å². The van der Waals surface area contributed by atoms with Crippen LogP contribution in [-0.4, -0.2) is 29.0 Å². The minimum Gasteiger partial charge on any atom is -0.490 e. The lowest BCUT2D eigenvalue weighted by atomic mass is 9.89. The molecule has 2 N–H and O–H groups in total. The molecule has 0 aliphatic carbocycles. The van der Waals surface area contributed by atoms with Crippen molar-refractivity contribution in [1.29, 1.82) is 0 Å². The first-order chi connectivity index (χ1) is 9.67. The number of nitro groups is 1. The molecule has 8 heteroatoms. The van der Waals surface area contributed by atoms with E-state index in [2.05, 4.69) is 5.32 Å². The number of benzene rings is 1. The zero-order valence-corrected chi connectivity index (χ0v) is 11.9. The second-order valence-electron chi connectivity index (χ2n) is 5.06. The van der Waals surface area contributed by atoms with Crippen LogP contribution in [0, 0.1) is 15.5 Å². The van der Waals surface area contributed by atoms with E-state index in [4.69, 9.17) is 9.84 Å². The van der Waals surface area contributed by atoms with Crippen LogP contribution in [0.2, 0.25) is 0 Å². The third-order valence-electron chi connectivity index (χ3n) is 2.84. The van der Waals surface area contributed by atoms with Gasteiger partial charge in [0.15, 0.2) is 5.75 Å². The Hall–Kier alpha value is -2.64. The molecular formula is C13H16N2O6. The molecule has 0 bridgehead atoms. The Labute approximate surface area is 120 Å². The van der Waals surface area contributed by atoms with E-state index in [-0.39, 0.29) is 23.5 Å². The highest BCUT2D eigenvalue weighted by molar-refractivity contribution is 5.94. The maximum absolute atomic E-state index is 11.8. The number of rotatable bonds is 6. The van der Waals surface area contributed by atoms with E-state index in [0.29, 0.717) is 0 Å². The molecule has 1 rings (SSSR count). The van der Waals surface area contributed by atoms with Crippen LogP contribution in [0.3, 0.4) is 0 Å². The predicted molar refractivity (Wildman–Crippen MR) is 74.3 cm³/mol. The van der Waals surface area contributed by atoms with Crippen LogP contribution in [0.25, 0.3) is 0 Å². The first-order valence-electron chi connectivity index (χ1n) is 6.03. The SMILES string of the molecule is COc1ccc(NC(=O)CC(C)(C)C(=O)O)cc1[N+](=O)[O-]. The third kappa shape index (κ3) is 4.16. The molecule has 0 aromatic heterocycles. The number of hydrogen-bond donors (Lipinski definition) is 2. The molecule has 0 aliphatic rings. The average molecular weight is 296 g/mol. The zero-order chi connectivity index (χ0) is 16.2. The van der Waals surface area contributed by atoms with Gasteiger partial charge in [-0.25, -0.2) is 0 Å². The van der Waals surface area contributed by atoms with Crippen LogP contribution in [0.4, 0.5) is 11.4 Å². The molecule has 8 nitrogen and oxygen atoms in total. The summed E-state index contributed by atoms with van der Waals surface area (Å²) in [6.45, 7) is 2.84. The molecule has 0 aliphatic heterocycles. The van der Waals surface area contributed by atoms with E-state index < -0.39 is 22.2 Å². The Morgan fingerprint density at radius 1 is 1.43 bits per heavy atom. The van der Waals surface area contributed by atoms with Crippen LogP contribution in [0.5, 0.6) is 5.75 Å². The summed E-state index contributed by atoms with van der Waals surface area (Å²) in [6, 6.07) is 3.96. The van der Waals surface area contributed by atoms with Crippen molar-refractivity contribution in [2.45, 2.75) is 20.3 Å². The predicted octanol–water partition coefficient (Wildman–Crippen LogP) is 2.04. The van der Waals surface area contributed by atoms with Crippen molar-refractivity contribution in [2.75, 3.05) is 12.4 Å². The fraction of sp³-hybridized carbons (Fsp3) is 0.385. The molecule has 114 valence electrons. The smallest absolute Gasteiger partial charge is 0.312 e. The van der Waals surface area contributed by atoms with Crippen molar-refractivity contribution < 1.29 is 24.4 Å². The van der Waals surface area contributed by atoms with Gasteiger partial charge in [0.25, 0.3) is 0 Å². The summed E-state index contributed by atoms with van der Waals surface area (Å²) in [4.78, 5) is 33.0. The van der Waals surface area contributed by atoms with Gasteiger partial charge < -0.3 is 15.2 Å². The standard InChI is InChI=1S/C13H16N2O6/c1-13(2,12(17)18)7-11(16)14-8-4-5-10(21-3)9(6-8)15(19)20/h4-6H,7H2,1-3H3,(H,14,16)(H,17,18). The lowest BCUT2D eigenvalue weighted by molar-refractivity contribution is -0.385. The molecule has 0 saturated heterocycles. The zero-order valence-electron chi connectivity index (χ0n) is 11.9. The molecule has 0 spiro atoms. The largest absolute Gasteiger partial charge is 0.490 e. The monoisotopic (exact) mass is 296 g/mol. The minimum absolute atomic E-state index is 0.0730. The number of carbonyl (C=O) groups is 2. The van der Waals surface area contributed by atoms with Crippen molar-refractivity contribution in [3.63, 3.8) is 0 Å². The number of carboxylic acids is 1. The number of anilines is 1. The number of hydrogen-bond acceptors (Lipinski definition) is 5. The second-order valence-corrected chi connectivity index (χ2v) is 5.06. The van der Waals surface area contributed by atoms with Crippen molar-refractivity contribution >= 4 is 23.3 Å². The molecule has 1 amide bonds. The Bertz CT molecular complexity index is 582. The molecule has 0 atom stereocenters. The van der Waals surface area contributed by atoms with Crippen LogP contribution in [0.15, 0.2) is 18.2 Å². The summed E-state index contributed by atoms with van der Waals surface area (Å²) in [6.07, 6.45) is -0.248. The highest BCUT2D eigenvalue weighted by Crippen LogP contribution is 2.30. The summed E-state index contributed by atoms with van der Waals surface area (Å²) in [5.41, 5.74) is -1.30. The highest BCUT2D eigenvalue weighted by Gasteiger charge is 2.30. The van der Waals surface area contributed by atoms with E-state index in [1.54, 1.807) is 0 Å². The normalized spacial score (nSPS) is 10.8. The number of amides is 1. The van der Waals surface area contributed by atoms with Crippen molar-refractivity contribution in [1.82, 2.24) is 0 Å². The fourth-order valence-electron chi connectivity index (χ4n) is 1.59. The highest BCUT2D eigenvalue weighted by atomic mass is 16.6. The second kappa shape index (κ2) is 6.21. The maximum Gasteiger partial charge on any atom is 0.312 e. The Morgan fingerprint density at radius 3 is 2.52 bits per heavy atom. The van der Waals surface area contributed by atoms with E-state index in [1.165, 1.54) is 33.1 Å². The number of nitrogens with one attached hydrogen (secondary N) is 1. The van der Waals surface area contributed by atoms with E-state index in [0.717, 1.165) is 6.07 Å². The van der Waals surface area contributed by atoms with Crippen LogP contribution in [-0.2, 0) is 9.59 Å². The van der Waals surface area contributed by atoms with Gasteiger partial charge in [0, 0.05) is 18.2 Å². The topological polar surface area (TPSA) is 119 Å². The molecule has 0 heterocycles. The van der Waals surface area contributed by atoms with Gasteiger partial charge >= 0.3 is 11.7 Å². The number of carbonyl (C=O) groups excluding carboxylic acids is 1. The average Bonchev–Trinajstić information content (AvgIpc) is 2.37. The summed E-state index contributed by atoms with van der Waals surface area (Å²) in [5, 5.41) is 22.3. The number of aliphatic carboxylic acids is 1. The third-order valence-corrected chi connectivity index (χ3v) is 2.84. The summed E-state index contributed by atoms with van der Waals surface area (Å²) in [7, 11) is 1.30. The molecule has 0 unspecified atom stereocenters. The lowest BCUT2D eigenvalue weighted by Crippen LogP contribution is -2.29. The Kier molecular flexibility index (Phi) is 4.85. The van der Waals surface area contributed by atoms with Crippen LogP contribution in [0.1, 0.15) is 20.3 Å². The first kappa shape index (κ1) is 16.4. The van der Waals surface area contributed by atoms with Crippen molar-refractivity contribution in [2.24, 2.45) is 5.41 Å². The number of nitrogens with zero attached hydrogens (tertiary/aromatic N) is 1. The molecule has 0 fully saturated rings. The summed E-state index contributed by atoms with van der Waals surface area (Å²) in [5.74, 6) is -1.57. The number of nitro benzene ring substituents is 1. The summed E-state index contributed by atoms with van der Waals surface area (Å²) < 4.78 is 4.85. The molecular weight excluding hydrogens is 280 g/mol. The van der Waals surface area contributed by atoms with Gasteiger partial charge in [-0.15, -0.1) is 0 Å². The van der Waals surface area contributed by atoms with Crippen LogP contribution < -0.4 is 10.1 Å². The van der Waals surface area contributed by atoms with Gasteiger partial charge in [0.05, 0.1) is 17.4 Å². The molecule has 21 heavy (non-hydrogen) atoms. The maximum atomic E-state index is 11.8. The number of ether oxygens (including phenoxy) is 1. The molecule has 1 aromatic rings. The van der Waals surface area contributed by atoms with Gasteiger partial charge in [-0.05, 0) is 26.0 Å². The quantitative estimate of drug-likeness (QED) is 0.612. The van der Waals surface area contributed by atoms with E-state index >= 15 is 0 Å². The summed E-state index contributed by atoms with van der Waals surface area (Å²) >= 11 is 0. The van der Waals surface area contributed by atoms with Gasteiger partial charge in [0.1, 0.15) is 0 Å². The van der Waals surface area contributed by atoms with Crippen molar-refractivity contribution in [3.8, 4) is 5.75 Å². The molecule has 0 radical (unpaired) electrons. The first-order valence-corrected chi connectivity index (χ1v) is 6.03. The van der Waals surface area contributed by atoms with E-state index in [1.807, 2.05) is 0 Å². The lowest BCUT2D eigenvalue weighted by Gasteiger charge is -2.18. The van der Waals surface area contributed by atoms with Gasteiger partial charge in [-0.3, -0.25) is 19.7 Å². The van der Waals surface area contributed by atoms with Gasteiger partial charge in [0.2, 0.25) is 5.91 Å². The van der Waals surface area contributed by atoms with Crippen LogP contribution >= 0.6 is 0 Å². The number of methoxy groups -OCH3 is 1. The fourth-order valence-corrected chi connectivity index (χ4v) is 1.59. The molecule has 1 aromatic carbocycles.